The predicted octanol–water partition coefficient (Wildman–Crippen LogP) is 0.492. The van der Waals surface area contributed by atoms with E-state index >= 15 is 0 Å². The topological polar surface area (TPSA) is 81.4 Å². The lowest BCUT2D eigenvalue weighted by atomic mass is 10.1. The Morgan fingerprint density at radius 3 is 2.88 bits per heavy atom. The number of primary amides is 1. The minimum atomic E-state index is -0.605. The van der Waals surface area contributed by atoms with Crippen molar-refractivity contribution in [1.29, 1.82) is 0 Å². The van der Waals surface area contributed by atoms with Crippen LogP contribution in [0.3, 0.4) is 0 Å². The Bertz CT molecular complexity index is 285. The van der Waals surface area contributed by atoms with E-state index in [2.05, 4.69) is 11.9 Å². The molecular formula is C12H20N2O3. The van der Waals surface area contributed by atoms with Crippen LogP contribution in [0.25, 0.3) is 0 Å². The molecule has 1 heterocycles. The first kappa shape index (κ1) is 13.7. The van der Waals surface area contributed by atoms with Crippen molar-refractivity contribution in [2.24, 2.45) is 5.73 Å². The van der Waals surface area contributed by atoms with E-state index in [1.165, 1.54) is 0 Å². The summed E-state index contributed by atoms with van der Waals surface area (Å²) in [5.74, 6) is -0.731. The third kappa shape index (κ3) is 4.56. The molecule has 0 aromatic carbocycles. The lowest BCUT2D eigenvalue weighted by molar-refractivity contribution is -0.133. The van der Waals surface area contributed by atoms with Gasteiger partial charge in [-0.3, -0.25) is 9.59 Å². The molecule has 96 valence electrons. The number of nitrogens with one attached hydrogen (secondary N) is 1. The van der Waals surface area contributed by atoms with Crippen LogP contribution in [-0.2, 0) is 14.3 Å². The largest absolute Gasteiger partial charge is 0.368 e. The van der Waals surface area contributed by atoms with Crippen LogP contribution in [0, 0.1) is 0 Å². The van der Waals surface area contributed by atoms with E-state index in [0.717, 1.165) is 19.3 Å². The van der Waals surface area contributed by atoms with Gasteiger partial charge >= 0.3 is 0 Å². The highest BCUT2D eigenvalue weighted by molar-refractivity contribution is 5.88. The number of carbonyl (C=O) groups excluding carboxylic acids is 2. The summed E-state index contributed by atoms with van der Waals surface area (Å²) in [4.78, 5) is 22.9. The molecule has 2 amide bonds. The van der Waals surface area contributed by atoms with Gasteiger partial charge in [-0.2, -0.15) is 0 Å². The average molecular weight is 240 g/mol. The van der Waals surface area contributed by atoms with Gasteiger partial charge in [0.2, 0.25) is 11.8 Å². The van der Waals surface area contributed by atoms with E-state index < -0.39 is 18.1 Å². The van der Waals surface area contributed by atoms with E-state index in [-0.39, 0.29) is 5.91 Å². The number of amides is 2. The molecule has 1 aliphatic rings. The monoisotopic (exact) mass is 240 g/mol. The number of hydrogen-bond donors (Lipinski definition) is 2. The zero-order valence-electron chi connectivity index (χ0n) is 9.98. The van der Waals surface area contributed by atoms with E-state index in [1.54, 1.807) is 6.08 Å². The third-order valence-corrected chi connectivity index (χ3v) is 2.78. The van der Waals surface area contributed by atoms with Crippen LogP contribution >= 0.6 is 0 Å². The molecule has 1 aliphatic heterocycles. The molecule has 2 atom stereocenters. The molecule has 0 unspecified atom stereocenters. The lowest BCUT2D eigenvalue weighted by Crippen LogP contribution is -2.47. The van der Waals surface area contributed by atoms with Crippen molar-refractivity contribution in [3.63, 3.8) is 0 Å². The Kier molecular flexibility index (Phi) is 5.69. The first-order chi connectivity index (χ1) is 8.15. The molecule has 5 nitrogen and oxygen atoms in total. The van der Waals surface area contributed by atoms with Crippen molar-refractivity contribution in [2.45, 2.75) is 44.2 Å². The van der Waals surface area contributed by atoms with Crippen LogP contribution in [-0.4, -0.2) is 30.6 Å². The van der Waals surface area contributed by atoms with Crippen molar-refractivity contribution in [3.05, 3.63) is 12.7 Å². The Morgan fingerprint density at radius 2 is 2.35 bits per heavy atom. The fourth-order valence-corrected chi connectivity index (χ4v) is 1.80. The summed E-state index contributed by atoms with van der Waals surface area (Å²) in [5, 5.41) is 2.64. The second-order valence-electron chi connectivity index (χ2n) is 4.18. The molecule has 3 N–H and O–H groups in total. The molecule has 0 radical (unpaired) electrons. The summed E-state index contributed by atoms with van der Waals surface area (Å²) in [6.07, 6.45) is 5.08. The maximum Gasteiger partial charge on any atom is 0.249 e. The smallest absolute Gasteiger partial charge is 0.249 e. The number of hydrogen-bond acceptors (Lipinski definition) is 3. The van der Waals surface area contributed by atoms with Crippen molar-refractivity contribution >= 4 is 11.8 Å². The number of carbonyl (C=O) groups is 2. The fraction of sp³-hybridized carbons (Fsp3) is 0.667. The molecule has 0 saturated carbocycles. The summed E-state index contributed by atoms with van der Waals surface area (Å²) in [6.45, 7) is 4.21. The van der Waals surface area contributed by atoms with Crippen molar-refractivity contribution in [2.75, 3.05) is 6.61 Å². The molecule has 0 aliphatic carbocycles. The Morgan fingerprint density at radius 1 is 1.59 bits per heavy atom. The standard InChI is InChI=1S/C12H20N2O3/c1-2-3-4-6-9(11(13)15)14-12(16)10-7-5-8-17-10/h2,9-10H,1,3-8H2,(H2,13,15)(H,14,16)/t9-,10+/m1/s1. The minimum Gasteiger partial charge on any atom is -0.368 e. The SMILES string of the molecule is C=CCCC[C@@H](NC(=O)[C@@H]1CCCO1)C(N)=O. The normalized spacial score (nSPS) is 20.8. The molecule has 0 spiro atoms. The second-order valence-corrected chi connectivity index (χ2v) is 4.18. The molecular weight excluding hydrogens is 220 g/mol. The summed E-state index contributed by atoms with van der Waals surface area (Å²) >= 11 is 0. The number of rotatable bonds is 7. The van der Waals surface area contributed by atoms with Gasteiger partial charge in [-0.1, -0.05) is 6.08 Å². The first-order valence-corrected chi connectivity index (χ1v) is 5.97. The van der Waals surface area contributed by atoms with Gasteiger partial charge in [0.1, 0.15) is 12.1 Å². The number of nitrogens with two attached hydrogens (primary N) is 1. The van der Waals surface area contributed by atoms with E-state index in [0.29, 0.717) is 19.4 Å². The summed E-state index contributed by atoms with van der Waals surface area (Å²) < 4.78 is 5.24. The van der Waals surface area contributed by atoms with Crippen LogP contribution in [0.1, 0.15) is 32.1 Å². The molecule has 0 bridgehead atoms. The van der Waals surface area contributed by atoms with E-state index in [9.17, 15) is 9.59 Å². The molecule has 1 rings (SSSR count). The predicted molar refractivity (Wildman–Crippen MR) is 64.1 cm³/mol. The maximum absolute atomic E-state index is 11.7. The number of allylic oxidation sites excluding steroid dienone is 1. The van der Waals surface area contributed by atoms with Crippen LogP contribution in [0.5, 0.6) is 0 Å². The Balaban J connectivity index is 2.39. The molecule has 17 heavy (non-hydrogen) atoms. The summed E-state index contributed by atoms with van der Waals surface area (Å²) in [5.41, 5.74) is 5.25. The quantitative estimate of drug-likeness (QED) is 0.502. The molecule has 0 aromatic rings. The van der Waals surface area contributed by atoms with Crippen LogP contribution in [0.2, 0.25) is 0 Å². The fourth-order valence-electron chi connectivity index (χ4n) is 1.80. The van der Waals surface area contributed by atoms with Gasteiger partial charge in [0.05, 0.1) is 0 Å². The zero-order chi connectivity index (χ0) is 12.7. The highest BCUT2D eigenvalue weighted by Gasteiger charge is 2.26. The summed E-state index contributed by atoms with van der Waals surface area (Å²) in [6, 6.07) is -0.605. The summed E-state index contributed by atoms with van der Waals surface area (Å²) in [7, 11) is 0. The van der Waals surface area contributed by atoms with Crippen LogP contribution < -0.4 is 11.1 Å². The van der Waals surface area contributed by atoms with Crippen LogP contribution in [0.4, 0.5) is 0 Å². The lowest BCUT2D eigenvalue weighted by Gasteiger charge is -2.17. The van der Waals surface area contributed by atoms with Gasteiger partial charge in [-0.05, 0) is 32.1 Å². The van der Waals surface area contributed by atoms with Gasteiger partial charge in [-0.15, -0.1) is 6.58 Å². The zero-order valence-corrected chi connectivity index (χ0v) is 9.98. The van der Waals surface area contributed by atoms with Gasteiger partial charge in [-0.25, -0.2) is 0 Å². The van der Waals surface area contributed by atoms with Crippen LogP contribution in [0.15, 0.2) is 12.7 Å². The highest BCUT2D eigenvalue weighted by atomic mass is 16.5. The van der Waals surface area contributed by atoms with Gasteiger partial charge in [0.15, 0.2) is 0 Å². The van der Waals surface area contributed by atoms with Gasteiger partial charge < -0.3 is 15.8 Å². The van der Waals surface area contributed by atoms with Crippen molar-refractivity contribution in [1.82, 2.24) is 5.32 Å². The van der Waals surface area contributed by atoms with Gasteiger partial charge in [0, 0.05) is 6.61 Å². The number of unbranched alkanes of at least 4 members (excludes halogenated alkanes) is 1. The van der Waals surface area contributed by atoms with Gasteiger partial charge in [0.25, 0.3) is 0 Å². The molecule has 0 aromatic heterocycles. The second kappa shape index (κ2) is 7.06. The average Bonchev–Trinajstić information content (AvgIpc) is 2.81. The maximum atomic E-state index is 11.7. The third-order valence-electron chi connectivity index (χ3n) is 2.78. The number of ether oxygens (including phenoxy) is 1. The molecule has 5 heteroatoms. The minimum absolute atomic E-state index is 0.232. The highest BCUT2D eigenvalue weighted by Crippen LogP contribution is 2.12. The van der Waals surface area contributed by atoms with E-state index in [4.69, 9.17) is 10.5 Å². The Labute approximate surface area is 101 Å². The van der Waals surface area contributed by atoms with Crippen molar-refractivity contribution < 1.29 is 14.3 Å². The van der Waals surface area contributed by atoms with Crippen molar-refractivity contribution in [3.8, 4) is 0 Å². The Hall–Kier alpha value is -1.36. The molecule has 1 fully saturated rings. The first-order valence-electron chi connectivity index (χ1n) is 5.97. The van der Waals surface area contributed by atoms with E-state index in [1.807, 2.05) is 0 Å². The molecule has 1 saturated heterocycles.